The lowest BCUT2D eigenvalue weighted by molar-refractivity contribution is 0.777. The van der Waals surface area contributed by atoms with Crippen molar-refractivity contribution in [3.05, 3.63) is 39.2 Å². The Bertz CT molecular complexity index is 882. The van der Waals surface area contributed by atoms with E-state index < -0.39 is 0 Å². The number of rotatable bonds is 3. The van der Waals surface area contributed by atoms with Gasteiger partial charge in [-0.25, -0.2) is 15.0 Å². The molecule has 3 aromatic rings. The Hall–Kier alpha value is -2.22. The molecular weight excluding hydrogens is 310 g/mol. The van der Waals surface area contributed by atoms with E-state index in [-0.39, 0.29) is 0 Å². The van der Waals surface area contributed by atoms with Crippen LogP contribution >= 0.6 is 11.3 Å². The average Bonchev–Trinajstić information content (AvgIpc) is 3.07. The molecule has 1 aliphatic rings. The minimum atomic E-state index is 0.396. The number of aromatic nitrogens is 7. The molecule has 1 fully saturated rings. The zero-order valence-electron chi connectivity index (χ0n) is 13.5. The molecule has 8 heteroatoms. The molecule has 23 heavy (non-hydrogen) atoms. The highest BCUT2D eigenvalue weighted by atomic mass is 32.1. The number of hydrogen-bond acceptors (Lipinski definition) is 7. The van der Waals surface area contributed by atoms with Gasteiger partial charge in [0, 0.05) is 17.9 Å². The molecule has 4 rings (SSSR count). The summed E-state index contributed by atoms with van der Waals surface area (Å²) in [5.74, 6) is 3.94. The molecular formula is C15H17N7S. The summed E-state index contributed by atoms with van der Waals surface area (Å²) in [7, 11) is 0. The highest BCUT2D eigenvalue weighted by molar-refractivity contribution is 7.11. The van der Waals surface area contributed by atoms with Crippen molar-refractivity contribution < 1.29 is 0 Å². The van der Waals surface area contributed by atoms with Gasteiger partial charge in [-0.1, -0.05) is 0 Å². The standard InChI is InChI=1S/C15H17N7S/c1-7-17-13(11-5-12(11)15-20-19-10(4)23-15)6-14(18-7)22-9(3)16-8(2)21-22/h6,11-12H,5H2,1-4H3. The monoisotopic (exact) mass is 327 g/mol. The summed E-state index contributed by atoms with van der Waals surface area (Å²) >= 11 is 1.67. The van der Waals surface area contributed by atoms with Crippen LogP contribution in [0.25, 0.3) is 5.82 Å². The topological polar surface area (TPSA) is 82.3 Å². The van der Waals surface area contributed by atoms with Crippen LogP contribution in [0.4, 0.5) is 0 Å². The molecule has 0 bridgehead atoms. The largest absolute Gasteiger partial charge is 0.238 e. The maximum absolute atomic E-state index is 4.62. The lowest BCUT2D eigenvalue weighted by Gasteiger charge is -2.06. The molecule has 7 nitrogen and oxygen atoms in total. The molecule has 1 saturated carbocycles. The molecule has 0 aliphatic heterocycles. The lowest BCUT2D eigenvalue weighted by Crippen LogP contribution is -2.06. The van der Waals surface area contributed by atoms with E-state index in [1.54, 1.807) is 16.0 Å². The molecule has 118 valence electrons. The van der Waals surface area contributed by atoms with Crippen LogP contribution in [0.1, 0.15) is 51.4 Å². The summed E-state index contributed by atoms with van der Waals surface area (Å²) in [4.78, 5) is 13.5. The zero-order valence-corrected chi connectivity index (χ0v) is 14.3. The van der Waals surface area contributed by atoms with Crippen molar-refractivity contribution in [2.75, 3.05) is 0 Å². The fraction of sp³-hybridized carbons (Fsp3) is 0.467. The average molecular weight is 327 g/mol. The van der Waals surface area contributed by atoms with Crippen LogP contribution in [0.2, 0.25) is 0 Å². The molecule has 3 heterocycles. The van der Waals surface area contributed by atoms with Crippen LogP contribution in [0.15, 0.2) is 6.07 Å². The summed E-state index contributed by atoms with van der Waals surface area (Å²) in [5.41, 5.74) is 1.05. The second kappa shape index (κ2) is 5.16. The first kappa shape index (κ1) is 14.4. The molecule has 0 amide bonds. The first-order valence-electron chi connectivity index (χ1n) is 7.57. The van der Waals surface area contributed by atoms with E-state index in [2.05, 4.69) is 30.2 Å². The van der Waals surface area contributed by atoms with Gasteiger partial charge in [0.05, 0.1) is 5.69 Å². The van der Waals surface area contributed by atoms with Gasteiger partial charge in [-0.2, -0.15) is 4.68 Å². The molecule has 3 aromatic heterocycles. The van der Waals surface area contributed by atoms with Crippen LogP contribution in [0, 0.1) is 27.7 Å². The Morgan fingerprint density at radius 2 is 1.83 bits per heavy atom. The molecule has 0 N–H and O–H groups in total. The quantitative estimate of drug-likeness (QED) is 0.735. The van der Waals surface area contributed by atoms with Crippen molar-refractivity contribution in [3.8, 4) is 5.82 Å². The summed E-state index contributed by atoms with van der Waals surface area (Å²) in [6.45, 7) is 7.72. The van der Waals surface area contributed by atoms with Crippen molar-refractivity contribution in [1.29, 1.82) is 0 Å². The van der Waals surface area contributed by atoms with Gasteiger partial charge < -0.3 is 0 Å². The Balaban J connectivity index is 1.67. The van der Waals surface area contributed by atoms with Crippen molar-refractivity contribution in [1.82, 2.24) is 34.9 Å². The van der Waals surface area contributed by atoms with Gasteiger partial charge in [-0.05, 0) is 34.1 Å². The first-order chi connectivity index (χ1) is 11.0. The van der Waals surface area contributed by atoms with Crippen molar-refractivity contribution >= 4 is 11.3 Å². The van der Waals surface area contributed by atoms with E-state index >= 15 is 0 Å². The lowest BCUT2D eigenvalue weighted by atomic mass is 10.2. The highest BCUT2D eigenvalue weighted by Gasteiger charge is 2.43. The molecule has 0 saturated heterocycles. The SMILES string of the molecule is Cc1nc(C2CC2c2nnc(C)s2)cc(-n2nc(C)nc2C)n1. The maximum Gasteiger partial charge on any atom is 0.159 e. The van der Waals surface area contributed by atoms with Crippen LogP contribution in [-0.2, 0) is 0 Å². The third-order valence-corrected chi connectivity index (χ3v) is 4.94. The van der Waals surface area contributed by atoms with Gasteiger partial charge >= 0.3 is 0 Å². The fourth-order valence-corrected chi connectivity index (χ4v) is 3.75. The number of aryl methyl sites for hydroxylation is 4. The molecule has 0 spiro atoms. The van der Waals surface area contributed by atoms with Crippen molar-refractivity contribution in [3.63, 3.8) is 0 Å². The third-order valence-electron chi connectivity index (χ3n) is 3.97. The smallest absolute Gasteiger partial charge is 0.159 e. The van der Waals surface area contributed by atoms with Gasteiger partial charge in [0.15, 0.2) is 5.82 Å². The van der Waals surface area contributed by atoms with Gasteiger partial charge in [0.2, 0.25) is 0 Å². The van der Waals surface area contributed by atoms with Crippen molar-refractivity contribution in [2.24, 2.45) is 0 Å². The van der Waals surface area contributed by atoms with Gasteiger partial charge in [0.25, 0.3) is 0 Å². The summed E-state index contributed by atoms with van der Waals surface area (Å²) in [6, 6.07) is 2.02. The third kappa shape index (κ3) is 2.63. The Labute approximate surface area is 137 Å². The van der Waals surface area contributed by atoms with Crippen LogP contribution < -0.4 is 0 Å². The molecule has 2 unspecified atom stereocenters. The maximum atomic E-state index is 4.62. The first-order valence-corrected chi connectivity index (χ1v) is 8.39. The highest BCUT2D eigenvalue weighted by Crippen LogP contribution is 2.54. The van der Waals surface area contributed by atoms with Gasteiger partial charge in [-0.15, -0.1) is 26.6 Å². The molecule has 1 aliphatic carbocycles. The van der Waals surface area contributed by atoms with E-state index in [4.69, 9.17) is 0 Å². The van der Waals surface area contributed by atoms with Crippen molar-refractivity contribution in [2.45, 2.75) is 46.0 Å². The second-order valence-corrected chi connectivity index (χ2v) is 7.14. The zero-order chi connectivity index (χ0) is 16.1. The van der Waals surface area contributed by atoms with E-state index in [1.165, 1.54) is 0 Å². The predicted octanol–water partition coefficient (Wildman–Crippen LogP) is 2.41. The minimum absolute atomic E-state index is 0.396. The van der Waals surface area contributed by atoms with Crippen LogP contribution in [-0.4, -0.2) is 34.9 Å². The Kier molecular flexibility index (Phi) is 3.22. The van der Waals surface area contributed by atoms with Gasteiger partial charge in [-0.3, -0.25) is 0 Å². The van der Waals surface area contributed by atoms with E-state index in [9.17, 15) is 0 Å². The molecule has 0 radical (unpaired) electrons. The fourth-order valence-electron chi connectivity index (χ4n) is 2.87. The van der Waals surface area contributed by atoms with Gasteiger partial charge in [0.1, 0.15) is 27.5 Å². The predicted molar refractivity (Wildman–Crippen MR) is 85.9 cm³/mol. The number of nitrogens with zero attached hydrogens (tertiary/aromatic N) is 7. The molecule has 0 aromatic carbocycles. The van der Waals surface area contributed by atoms with E-state index in [0.717, 1.165) is 45.4 Å². The molecule has 2 atom stereocenters. The van der Waals surface area contributed by atoms with Crippen LogP contribution in [0.3, 0.4) is 0 Å². The number of hydrogen-bond donors (Lipinski definition) is 0. The van der Waals surface area contributed by atoms with E-state index in [1.807, 2.05) is 33.8 Å². The Morgan fingerprint density at radius 3 is 2.48 bits per heavy atom. The summed E-state index contributed by atoms with van der Waals surface area (Å²) in [5, 5.41) is 14.9. The summed E-state index contributed by atoms with van der Waals surface area (Å²) in [6.07, 6.45) is 1.07. The second-order valence-electron chi connectivity index (χ2n) is 5.92. The minimum Gasteiger partial charge on any atom is -0.238 e. The normalized spacial score (nSPS) is 20.0. The summed E-state index contributed by atoms with van der Waals surface area (Å²) < 4.78 is 1.78. The Morgan fingerprint density at radius 1 is 1.00 bits per heavy atom. The van der Waals surface area contributed by atoms with E-state index in [0.29, 0.717) is 11.8 Å². The van der Waals surface area contributed by atoms with Crippen LogP contribution in [0.5, 0.6) is 0 Å².